The first kappa shape index (κ1) is 93.8. The number of ether oxygens (including phenoxy) is 2. The van der Waals surface area contributed by atoms with Gasteiger partial charge < -0.3 is 66.2 Å². The summed E-state index contributed by atoms with van der Waals surface area (Å²) in [5.41, 5.74) is 22.0. The number of aliphatic hydroxyl groups excluding tert-OH is 5. The summed E-state index contributed by atoms with van der Waals surface area (Å²) in [4.78, 5) is 45.6. The molecule has 3 fully saturated rings. The maximum atomic E-state index is 11.5. The second-order valence-electron chi connectivity index (χ2n) is 24.7. The van der Waals surface area contributed by atoms with Gasteiger partial charge in [-0.3, -0.25) is 37.4 Å². The largest absolute Gasteiger partial charge is 0.512 e. The maximum Gasteiger partial charge on any atom is 0.333 e. The fourth-order valence-electron chi connectivity index (χ4n) is 11.7. The summed E-state index contributed by atoms with van der Waals surface area (Å²) in [6, 6.07) is 14.4. The fraction of sp³-hybridized carbons (Fsp3) is 0.554. The molecule has 0 aromatic carbocycles. The van der Waals surface area contributed by atoms with Gasteiger partial charge in [0.05, 0.1) is 90.0 Å². The Balaban J connectivity index is 0.000000333. The smallest absolute Gasteiger partial charge is 0.333 e. The van der Waals surface area contributed by atoms with Gasteiger partial charge in [0.15, 0.2) is 42.3 Å². The molecule has 1 aliphatic heterocycles. The Morgan fingerprint density at radius 1 is 0.654 bits per heavy atom. The Morgan fingerprint density at radius 2 is 1.10 bits per heavy atom. The lowest BCUT2D eigenvalue weighted by molar-refractivity contribution is -0.153. The molecule has 3 aliphatic carbocycles. The van der Waals surface area contributed by atoms with Gasteiger partial charge in [-0.15, -0.1) is 0 Å². The molecule has 14 N–H and O–H groups in total. The van der Waals surface area contributed by atoms with Crippen molar-refractivity contribution in [3.63, 3.8) is 0 Å². The minimum atomic E-state index is -4.10. The number of hydrogen-bond acceptors (Lipinski definition) is 30. The van der Waals surface area contributed by atoms with Crippen molar-refractivity contribution < 1.29 is 84.7 Å². The zero-order chi connectivity index (χ0) is 78.2. The predicted molar refractivity (Wildman–Crippen MR) is 411 cm³/mol. The van der Waals surface area contributed by atoms with Gasteiger partial charge in [-0.1, -0.05) is 14.9 Å². The first-order valence-electron chi connectivity index (χ1n) is 32.9. The van der Waals surface area contributed by atoms with Crippen molar-refractivity contribution in [2.24, 2.45) is 28.6 Å². The van der Waals surface area contributed by atoms with Crippen LogP contribution in [0.25, 0.3) is 16.9 Å². The molecule has 4 aliphatic rings. The standard InChI is InChI=1S/C14H21N5O5S.C14H20N4O3P2.C9H11N3.C8H8N2O2.C7H12O4.C6H13NO3P2.C4H7N3.CH3OP.2CH4/c1-7-3-12(19-11(16-7)4-8(2)18-19)17-10-5-9(13(20)14(10)21)6-24-25(15,22)23;1-7-3-12(18-11(15-7)4-8(2)17-18)16-10-5-9(6-19)14(23-20)13(10)21-22;1-6-4-8(3)12-9(10-6)5-7(2)11-12;1-5-2-6-3-7(11)4-8(12)10(6)9-5;1-3-10-6(8)5-7(9)11-4-2;7-4-1-3(2-8)6(12-9)5(4)10-11;1-3-2-4(5)7-6-3;1-3-2;;/h3-4,9-10,13-14,17,20-21H,5-6H2,1-2H3,(H2,15,22,23);3-4,9-10,13-14,16,19H,5-6,22H2,1-2H3;4-5H,1-3H3;2,4,11H,3H2,1H3;3-5H2,1-2H3;3-6,8H,1-2,7,11H2;2H,1H3,(H3,5,6,7);1H3;2*1H4/t9-,10-,13-,14+;9-,10-,13+,14-;;;;3-,4-,5+,6-;;;;/m11...1..../s1. The molecule has 3 saturated carbocycles. The van der Waals surface area contributed by atoms with E-state index >= 15 is 0 Å². The van der Waals surface area contributed by atoms with Gasteiger partial charge in [0.1, 0.15) is 35.7 Å². The zero-order valence-corrected chi connectivity index (χ0v) is 66.1. The fourth-order valence-corrected chi connectivity index (χ4v) is 14.7. The maximum absolute atomic E-state index is 11.5. The third-order valence-corrected chi connectivity index (χ3v) is 19.1. The quantitative estimate of drug-likeness (QED) is 0.0257. The number of nitrogens with two attached hydrogens (primary N) is 3. The van der Waals surface area contributed by atoms with Gasteiger partial charge in [-0.25, -0.2) is 29.3 Å². The number of aromatic amines is 1. The lowest BCUT2D eigenvalue weighted by Crippen LogP contribution is -2.36. The number of aromatic nitrogens is 13. The molecule has 14 atom stereocenters. The topological polar surface area (TPSA) is 523 Å². The summed E-state index contributed by atoms with van der Waals surface area (Å²) in [6.45, 7) is 22.5. The molecule has 9 heterocycles. The molecule has 0 radical (unpaired) electrons. The van der Waals surface area contributed by atoms with Crippen molar-refractivity contribution in [1.82, 2.24) is 63.8 Å². The third-order valence-electron chi connectivity index (χ3n) is 16.1. The minimum Gasteiger partial charge on any atom is -0.512 e. The number of nitrogens with zero attached hydrogens (tertiary/aromatic N) is 12. The molecule has 8 aromatic rings. The number of H-pyrrole nitrogens is 1. The summed E-state index contributed by atoms with van der Waals surface area (Å²) in [7, 11) is 0.453. The summed E-state index contributed by atoms with van der Waals surface area (Å²) < 4.78 is 83.6. The molecular weight excluding hydrogens is 1510 g/mol. The molecule has 0 saturated heterocycles. The predicted octanol–water partition coefficient (Wildman–Crippen LogP) is 6.69. The van der Waals surface area contributed by atoms with E-state index in [1.165, 1.54) is 10.8 Å². The highest BCUT2D eigenvalue weighted by Crippen LogP contribution is 2.40. The number of carbonyl (C=O) groups excluding carboxylic acids is 3. The van der Waals surface area contributed by atoms with Gasteiger partial charge in [0, 0.05) is 134 Å². The second kappa shape index (κ2) is 44.9. The number of fused-ring (bicyclic) bond motifs is 4. The Labute approximate surface area is 631 Å². The third kappa shape index (κ3) is 27.9. The first-order chi connectivity index (χ1) is 49.7. The van der Waals surface area contributed by atoms with Crippen LogP contribution in [-0.2, 0) is 62.7 Å². The summed E-state index contributed by atoms with van der Waals surface area (Å²) in [6.07, 6.45) is 0.261. The number of aryl methyl sites for hydroxylation is 9. The monoisotopic (exact) mass is 1610 g/mol. The number of rotatable bonds is 17. The number of esters is 2. The normalized spacial score (nSPS) is 21.8. The number of allylic oxidation sites excluding steroid dienone is 2. The highest BCUT2D eigenvalue weighted by molar-refractivity contribution is 7.84. The average Bonchev–Trinajstić information content (AvgIpc) is 1.67. The molecular formula is C65H103N18O18P5S. The van der Waals surface area contributed by atoms with Crippen molar-refractivity contribution in [3.8, 4) is 0 Å². The Bertz CT molecular complexity index is 4320. The van der Waals surface area contributed by atoms with E-state index in [0.717, 1.165) is 74.1 Å². The highest BCUT2D eigenvalue weighted by Gasteiger charge is 2.46. The van der Waals surface area contributed by atoms with Gasteiger partial charge in [0.2, 0.25) is 0 Å². The molecule has 2 unspecified atom stereocenters. The first-order valence-corrected chi connectivity index (χ1v) is 38.3. The van der Waals surface area contributed by atoms with Crippen molar-refractivity contribution >= 4 is 107 Å². The summed E-state index contributed by atoms with van der Waals surface area (Å²) in [5, 5.41) is 82.9. The van der Waals surface area contributed by atoms with Crippen LogP contribution in [0.2, 0.25) is 0 Å². The van der Waals surface area contributed by atoms with E-state index < -0.39 is 46.4 Å². The number of nitrogens with one attached hydrogen (secondary N) is 3. The number of nitrogen functional groups attached to an aromatic ring is 1. The number of anilines is 3. The molecule has 0 spiro atoms. The van der Waals surface area contributed by atoms with E-state index in [-0.39, 0.29) is 139 Å². The van der Waals surface area contributed by atoms with Crippen LogP contribution in [0.3, 0.4) is 0 Å². The Kier molecular flexibility index (Phi) is 39.4. The van der Waals surface area contributed by atoms with E-state index in [4.69, 9.17) is 40.4 Å². The number of hydrogen-bond donors (Lipinski definition) is 11. The molecule has 0 bridgehead atoms. The van der Waals surface area contributed by atoms with Crippen LogP contribution in [0.4, 0.5) is 17.5 Å². The van der Waals surface area contributed by atoms with Crippen LogP contribution in [0, 0.1) is 80.1 Å². The van der Waals surface area contributed by atoms with Crippen molar-refractivity contribution in [3.05, 3.63) is 117 Å². The van der Waals surface area contributed by atoms with E-state index in [1.54, 1.807) is 47.7 Å². The second-order valence-corrected chi connectivity index (χ2v) is 28.5. The van der Waals surface area contributed by atoms with Crippen LogP contribution in [0.5, 0.6) is 0 Å². The number of carbonyl (C=O) groups is 3. The van der Waals surface area contributed by atoms with Crippen molar-refractivity contribution in [2.45, 2.75) is 177 Å². The molecule has 36 nitrogen and oxygen atoms in total. The van der Waals surface area contributed by atoms with Gasteiger partial charge in [0.25, 0.3) is 5.91 Å². The van der Waals surface area contributed by atoms with Crippen LogP contribution in [-0.4, -0.2) is 209 Å². The van der Waals surface area contributed by atoms with Crippen LogP contribution in [0.15, 0.2) is 60.4 Å². The Hall–Kier alpha value is -7.42. The minimum absolute atomic E-state index is 0. The molecule has 107 heavy (non-hydrogen) atoms. The average molecular weight is 1610 g/mol. The van der Waals surface area contributed by atoms with Crippen LogP contribution >= 0.6 is 44.3 Å². The van der Waals surface area contributed by atoms with Crippen molar-refractivity contribution in [1.29, 1.82) is 0 Å². The van der Waals surface area contributed by atoms with Crippen LogP contribution < -0.4 is 27.2 Å². The Morgan fingerprint density at radius 3 is 1.54 bits per heavy atom. The molecule has 592 valence electrons. The van der Waals surface area contributed by atoms with Gasteiger partial charge in [-0.2, -0.15) is 42.9 Å². The number of aliphatic hydroxyl groups is 5. The molecule has 8 aromatic heterocycles. The molecule has 12 rings (SSSR count). The summed E-state index contributed by atoms with van der Waals surface area (Å²) >= 11 is 0. The SMILES string of the molecule is C.C.CCOC(=O)CC(=O)OCC.CP=O.Cc1cc(C)n2nc(C)cc2n1.Cc1cc(N)n[nH]1.Cc1cc(N[C@@H]2C[C@H](CO)[C@@H](P=O)[C@H]2OP)n2nc(C)cc2n1.Cc1cc(N[C@@H]2C[C@H](COS(N)(=O)=O)[C@@H](O)[C@H]2O)n2nc(C)cc2n1.Cc1cc2n(n1)C(=O)C=C(O)C2.N[C@@H]1C[C@H](CO)[C@@H](P=O)[C@H]1OP. The van der Waals surface area contributed by atoms with Crippen LogP contribution in [0.1, 0.15) is 116 Å². The van der Waals surface area contributed by atoms with E-state index in [1.807, 2.05) is 97.2 Å². The zero-order valence-electron chi connectivity index (χ0n) is 60.2. The highest BCUT2D eigenvalue weighted by atomic mass is 32.2. The molecule has 0 amide bonds. The van der Waals surface area contributed by atoms with Gasteiger partial charge >= 0.3 is 22.2 Å². The summed E-state index contributed by atoms with van der Waals surface area (Å²) in [5.74, 6) is 0.129. The lowest BCUT2D eigenvalue weighted by atomic mass is 10.1. The van der Waals surface area contributed by atoms with E-state index in [9.17, 15) is 47.3 Å². The lowest BCUT2D eigenvalue weighted by Gasteiger charge is -2.22. The molecule has 42 heteroatoms. The van der Waals surface area contributed by atoms with E-state index in [0.29, 0.717) is 43.0 Å². The van der Waals surface area contributed by atoms with Crippen molar-refractivity contribution in [2.75, 3.05) is 56.1 Å². The van der Waals surface area contributed by atoms with Gasteiger partial charge in [-0.05, 0) is 113 Å². The van der Waals surface area contributed by atoms with E-state index in [2.05, 4.69) is 88.8 Å².